The fourth-order valence-electron chi connectivity index (χ4n) is 2.14. The van der Waals surface area contributed by atoms with Crippen molar-refractivity contribution in [2.45, 2.75) is 39.2 Å². The van der Waals surface area contributed by atoms with E-state index in [2.05, 4.69) is 12.2 Å². The highest BCUT2D eigenvalue weighted by Crippen LogP contribution is 2.22. The first-order valence-electron chi connectivity index (χ1n) is 6.28. The van der Waals surface area contributed by atoms with Crippen molar-refractivity contribution in [2.75, 3.05) is 19.6 Å². The van der Waals surface area contributed by atoms with Crippen LogP contribution in [0.2, 0.25) is 0 Å². The summed E-state index contributed by atoms with van der Waals surface area (Å²) in [6.07, 6.45) is 2.49. The van der Waals surface area contributed by atoms with Gasteiger partial charge >= 0.3 is 5.97 Å². The van der Waals surface area contributed by atoms with Gasteiger partial charge in [-0.3, -0.25) is 14.5 Å². The van der Waals surface area contributed by atoms with Crippen LogP contribution in [0.5, 0.6) is 0 Å². The topological polar surface area (TPSA) is 69.6 Å². The third kappa shape index (κ3) is 4.34. The number of piperidine rings is 1. The molecule has 0 aromatic carbocycles. The van der Waals surface area contributed by atoms with Gasteiger partial charge in [-0.05, 0) is 31.7 Å². The Morgan fingerprint density at radius 2 is 2.18 bits per heavy atom. The molecule has 0 aromatic heterocycles. The van der Waals surface area contributed by atoms with Gasteiger partial charge in [0.15, 0.2) is 0 Å². The molecule has 17 heavy (non-hydrogen) atoms. The minimum atomic E-state index is -0.820. The number of nitrogens with one attached hydrogen (secondary N) is 1. The molecule has 1 rings (SSSR count). The average Bonchev–Trinajstić information content (AvgIpc) is 2.28. The molecule has 0 radical (unpaired) electrons. The molecule has 98 valence electrons. The summed E-state index contributed by atoms with van der Waals surface area (Å²) >= 11 is 0. The van der Waals surface area contributed by atoms with E-state index in [9.17, 15) is 9.59 Å². The van der Waals surface area contributed by atoms with Crippen LogP contribution in [0, 0.1) is 5.92 Å². The molecule has 2 unspecified atom stereocenters. The number of rotatable bonds is 5. The number of hydrogen-bond donors (Lipinski definition) is 2. The molecule has 1 fully saturated rings. The Hall–Kier alpha value is -1.10. The maximum atomic E-state index is 11.6. The minimum Gasteiger partial charge on any atom is -0.480 e. The summed E-state index contributed by atoms with van der Waals surface area (Å²) in [7, 11) is 0. The van der Waals surface area contributed by atoms with Gasteiger partial charge in [0.2, 0.25) is 5.91 Å². The fourth-order valence-corrected chi connectivity index (χ4v) is 2.14. The summed E-state index contributed by atoms with van der Waals surface area (Å²) in [4.78, 5) is 24.5. The number of amides is 1. The Bertz CT molecular complexity index is 281. The Morgan fingerprint density at radius 1 is 1.47 bits per heavy atom. The number of hydrogen-bond acceptors (Lipinski definition) is 3. The summed E-state index contributed by atoms with van der Waals surface area (Å²) < 4.78 is 0. The standard InChI is InChI=1S/C12H22N2O3/c1-3-5-13-11(15)8-14-6-4-9(2)7-10(14)12(16)17/h9-10H,3-8H2,1-2H3,(H,13,15)(H,16,17). The second kappa shape index (κ2) is 6.59. The van der Waals surface area contributed by atoms with Crippen molar-refractivity contribution >= 4 is 11.9 Å². The summed E-state index contributed by atoms with van der Waals surface area (Å²) in [5.41, 5.74) is 0. The van der Waals surface area contributed by atoms with Gasteiger partial charge in [0, 0.05) is 6.54 Å². The zero-order valence-electron chi connectivity index (χ0n) is 10.6. The molecule has 1 aliphatic rings. The highest BCUT2D eigenvalue weighted by atomic mass is 16.4. The molecular weight excluding hydrogens is 220 g/mol. The molecule has 0 spiro atoms. The molecule has 0 saturated carbocycles. The zero-order valence-corrected chi connectivity index (χ0v) is 10.6. The number of carboxylic acid groups (broad SMARTS) is 1. The summed E-state index contributed by atoms with van der Waals surface area (Å²) in [5.74, 6) is -0.474. The Balaban J connectivity index is 2.49. The van der Waals surface area contributed by atoms with Crippen LogP contribution in [-0.4, -0.2) is 47.6 Å². The maximum Gasteiger partial charge on any atom is 0.320 e. The Labute approximate surface area is 102 Å². The van der Waals surface area contributed by atoms with E-state index in [1.165, 1.54) is 0 Å². The van der Waals surface area contributed by atoms with Crippen LogP contribution in [0.4, 0.5) is 0 Å². The van der Waals surface area contributed by atoms with Crippen LogP contribution in [0.15, 0.2) is 0 Å². The molecule has 0 aromatic rings. The van der Waals surface area contributed by atoms with Gasteiger partial charge in [-0.15, -0.1) is 0 Å². The summed E-state index contributed by atoms with van der Waals surface area (Å²) in [6.45, 7) is 5.59. The van der Waals surface area contributed by atoms with E-state index < -0.39 is 12.0 Å². The molecule has 5 nitrogen and oxygen atoms in total. The third-order valence-electron chi connectivity index (χ3n) is 3.18. The second-order valence-corrected chi connectivity index (χ2v) is 4.80. The molecule has 2 N–H and O–H groups in total. The van der Waals surface area contributed by atoms with Crippen LogP contribution in [-0.2, 0) is 9.59 Å². The molecule has 0 bridgehead atoms. The lowest BCUT2D eigenvalue weighted by Crippen LogP contribution is -2.50. The Morgan fingerprint density at radius 3 is 2.76 bits per heavy atom. The van der Waals surface area contributed by atoms with Crippen molar-refractivity contribution in [3.8, 4) is 0 Å². The first kappa shape index (κ1) is 14.0. The first-order valence-corrected chi connectivity index (χ1v) is 6.28. The molecule has 1 heterocycles. The van der Waals surface area contributed by atoms with E-state index in [1.807, 2.05) is 6.92 Å². The van der Waals surface area contributed by atoms with Gasteiger partial charge in [0.1, 0.15) is 6.04 Å². The number of nitrogens with zero attached hydrogens (tertiary/aromatic N) is 1. The van der Waals surface area contributed by atoms with Crippen molar-refractivity contribution < 1.29 is 14.7 Å². The average molecular weight is 242 g/mol. The molecule has 1 aliphatic heterocycles. The van der Waals surface area contributed by atoms with E-state index in [1.54, 1.807) is 4.90 Å². The largest absolute Gasteiger partial charge is 0.480 e. The Kier molecular flexibility index (Phi) is 5.41. The molecule has 1 saturated heterocycles. The van der Waals surface area contributed by atoms with Gasteiger partial charge in [0.05, 0.1) is 6.54 Å². The summed E-state index contributed by atoms with van der Waals surface area (Å²) in [5, 5.41) is 11.9. The lowest BCUT2D eigenvalue weighted by molar-refractivity contribution is -0.146. The van der Waals surface area contributed by atoms with Crippen molar-refractivity contribution in [1.29, 1.82) is 0 Å². The van der Waals surface area contributed by atoms with Crippen molar-refractivity contribution in [2.24, 2.45) is 5.92 Å². The lowest BCUT2D eigenvalue weighted by Gasteiger charge is -2.35. The van der Waals surface area contributed by atoms with Gasteiger partial charge in [0.25, 0.3) is 0 Å². The van der Waals surface area contributed by atoms with Gasteiger partial charge in [-0.25, -0.2) is 0 Å². The monoisotopic (exact) mass is 242 g/mol. The van der Waals surface area contributed by atoms with Crippen LogP contribution in [0.3, 0.4) is 0 Å². The van der Waals surface area contributed by atoms with Crippen LogP contribution in [0.25, 0.3) is 0 Å². The van der Waals surface area contributed by atoms with E-state index in [0.29, 0.717) is 25.4 Å². The van der Waals surface area contributed by atoms with Crippen molar-refractivity contribution in [1.82, 2.24) is 10.2 Å². The van der Waals surface area contributed by atoms with E-state index >= 15 is 0 Å². The van der Waals surface area contributed by atoms with E-state index in [4.69, 9.17) is 5.11 Å². The molecule has 5 heteroatoms. The zero-order chi connectivity index (χ0) is 12.8. The highest BCUT2D eigenvalue weighted by Gasteiger charge is 2.32. The quantitative estimate of drug-likeness (QED) is 0.744. The van der Waals surface area contributed by atoms with Gasteiger partial charge in [-0.1, -0.05) is 13.8 Å². The van der Waals surface area contributed by atoms with E-state index in [-0.39, 0.29) is 12.5 Å². The van der Waals surface area contributed by atoms with Crippen LogP contribution >= 0.6 is 0 Å². The number of carbonyl (C=O) groups excluding carboxylic acids is 1. The first-order chi connectivity index (χ1) is 8.04. The summed E-state index contributed by atoms with van der Waals surface area (Å²) in [6, 6.07) is -0.508. The van der Waals surface area contributed by atoms with Gasteiger partial charge in [-0.2, -0.15) is 0 Å². The number of aliphatic carboxylic acids is 1. The lowest BCUT2D eigenvalue weighted by atomic mass is 9.92. The highest BCUT2D eigenvalue weighted by molar-refractivity contribution is 5.80. The molecular formula is C12H22N2O3. The van der Waals surface area contributed by atoms with Crippen molar-refractivity contribution in [3.05, 3.63) is 0 Å². The number of carboxylic acids is 1. The van der Waals surface area contributed by atoms with Crippen molar-refractivity contribution in [3.63, 3.8) is 0 Å². The predicted molar refractivity (Wildman–Crippen MR) is 64.7 cm³/mol. The minimum absolute atomic E-state index is 0.0762. The predicted octanol–water partition coefficient (Wildman–Crippen LogP) is 0.698. The number of carbonyl (C=O) groups is 2. The third-order valence-corrected chi connectivity index (χ3v) is 3.18. The smallest absolute Gasteiger partial charge is 0.320 e. The number of likely N-dealkylation sites (tertiary alicyclic amines) is 1. The van der Waals surface area contributed by atoms with Gasteiger partial charge < -0.3 is 10.4 Å². The van der Waals surface area contributed by atoms with Crippen LogP contribution < -0.4 is 5.32 Å². The SMILES string of the molecule is CCCNC(=O)CN1CCC(C)CC1C(=O)O. The second-order valence-electron chi connectivity index (χ2n) is 4.80. The fraction of sp³-hybridized carbons (Fsp3) is 0.833. The van der Waals surface area contributed by atoms with E-state index in [0.717, 1.165) is 12.8 Å². The molecule has 1 amide bonds. The molecule has 0 aliphatic carbocycles. The normalized spacial score (nSPS) is 25.5. The maximum absolute atomic E-state index is 11.6. The van der Waals surface area contributed by atoms with Crippen LogP contribution in [0.1, 0.15) is 33.1 Å². The molecule has 2 atom stereocenters.